The fraction of sp³-hybridized carbons (Fsp3) is 0.346. The molecule has 31 heavy (non-hydrogen) atoms. The fourth-order valence-corrected chi connectivity index (χ4v) is 4.89. The van der Waals surface area contributed by atoms with Gasteiger partial charge in [-0.15, -0.1) is 23.4 Å². The van der Waals surface area contributed by atoms with Gasteiger partial charge in [0.1, 0.15) is 5.84 Å². The summed E-state index contributed by atoms with van der Waals surface area (Å²) in [5.41, 5.74) is 4.42. The van der Waals surface area contributed by atoms with Gasteiger partial charge in [0.25, 0.3) is 0 Å². The molecule has 160 valence electrons. The van der Waals surface area contributed by atoms with E-state index >= 15 is 0 Å². The van der Waals surface area contributed by atoms with Gasteiger partial charge in [-0.05, 0) is 42.3 Å². The van der Waals surface area contributed by atoms with Crippen LogP contribution in [-0.2, 0) is 10.8 Å². The van der Waals surface area contributed by atoms with Crippen molar-refractivity contribution in [2.24, 2.45) is 15.4 Å². The average Bonchev–Trinajstić information content (AvgIpc) is 3.10. The molecule has 0 saturated heterocycles. The van der Waals surface area contributed by atoms with E-state index in [1.54, 1.807) is 0 Å². The Kier molecular flexibility index (Phi) is 5.29. The molecule has 0 fully saturated rings. The second kappa shape index (κ2) is 7.80. The Balaban J connectivity index is 1.71. The van der Waals surface area contributed by atoms with Gasteiger partial charge in [-0.3, -0.25) is 0 Å². The number of para-hydroxylation sites is 2. The third-order valence-corrected chi connectivity index (χ3v) is 6.47. The summed E-state index contributed by atoms with van der Waals surface area (Å²) in [5, 5.41) is 13.8. The zero-order valence-corrected chi connectivity index (χ0v) is 18.9. The molecule has 5 nitrogen and oxygen atoms in total. The normalized spacial score (nSPS) is 22.1. The molecule has 5 heteroatoms. The Hall–Kier alpha value is -3.21. The van der Waals surface area contributed by atoms with E-state index in [-0.39, 0.29) is 17.0 Å². The number of hydrogen-bond acceptors (Lipinski definition) is 3. The fourth-order valence-electron chi connectivity index (χ4n) is 4.89. The largest absolute Gasteiger partial charge is 0.343 e. The highest BCUT2D eigenvalue weighted by molar-refractivity contribution is 6.11. The summed E-state index contributed by atoms with van der Waals surface area (Å²) >= 11 is 0. The summed E-state index contributed by atoms with van der Waals surface area (Å²) in [6, 6.07) is 16.9. The number of hydrogen-bond donors (Lipinski definition) is 0. The van der Waals surface area contributed by atoms with E-state index in [0.717, 1.165) is 11.5 Å². The standard InChI is InChI=1S/C26H31N5/c1-7-17-30-21-15-11-9-13-19(21)25(3,4)23(30)27-29-28-24-26(5,6)20-14-10-12-16-22(20)31(24)18-8-2/h7-16,23H,1-2,17-18H2,3-6H3/b28-24+,29-27?. The van der Waals surface area contributed by atoms with Crippen molar-refractivity contribution in [2.75, 3.05) is 22.9 Å². The molecule has 2 heterocycles. The van der Waals surface area contributed by atoms with E-state index in [0.29, 0.717) is 13.1 Å². The molecule has 0 bridgehead atoms. The van der Waals surface area contributed by atoms with Crippen molar-refractivity contribution in [2.45, 2.75) is 44.7 Å². The van der Waals surface area contributed by atoms with Crippen LogP contribution in [0.2, 0.25) is 0 Å². The van der Waals surface area contributed by atoms with Crippen LogP contribution in [0.3, 0.4) is 0 Å². The first-order chi connectivity index (χ1) is 14.8. The number of rotatable bonds is 6. The van der Waals surface area contributed by atoms with Crippen LogP contribution >= 0.6 is 0 Å². The van der Waals surface area contributed by atoms with E-state index < -0.39 is 0 Å². The van der Waals surface area contributed by atoms with Gasteiger partial charge in [-0.1, -0.05) is 62.4 Å². The van der Waals surface area contributed by atoms with Gasteiger partial charge < -0.3 is 9.80 Å². The van der Waals surface area contributed by atoms with Crippen LogP contribution in [0.5, 0.6) is 0 Å². The predicted octanol–water partition coefficient (Wildman–Crippen LogP) is 6.05. The average molecular weight is 414 g/mol. The minimum atomic E-state index is -0.256. The molecule has 0 spiro atoms. The Morgan fingerprint density at radius 1 is 0.871 bits per heavy atom. The smallest absolute Gasteiger partial charge is 0.154 e. The van der Waals surface area contributed by atoms with Gasteiger partial charge in [0.05, 0.1) is 5.41 Å². The summed E-state index contributed by atoms with van der Waals surface area (Å²) in [7, 11) is 0. The molecule has 0 N–H and O–H groups in total. The molecule has 0 radical (unpaired) electrons. The number of amidine groups is 1. The Labute approximate surface area is 185 Å². The maximum atomic E-state index is 4.74. The van der Waals surface area contributed by atoms with Crippen LogP contribution in [0.1, 0.15) is 38.8 Å². The van der Waals surface area contributed by atoms with Crippen molar-refractivity contribution in [3.63, 3.8) is 0 Å². The third-order valence-electron chi connectivity index (χ3n) is 6.47. The van der Waals surface area contributed by atoms with Gasteiger partial charge in [0.2, 0.25) is 0 Å². The van der Waals surface area contributed by atoms with Crippen LogP contribution < -0.4 is 9.80 Å². The van der Waals surface area contributed by atoms with Crippen molar-refractivity contribution in [1.29, 1.82) is 0 Å². The predicted molar refractivity (Wildman–Crippen MR) is 130 cm³/mol. The van der Waals surface area contributed by atoms with E-state index in [1.807, 2.05) is 12.2 Å². The van der Waals surface area contributed by atoms with Crippen LogP contribution in [0, 0.1) is 0 Å². The lowest BCUT2D eigenvalue weighted by Gasteiger charge is -2.29. The van der Waals surface area contributed by atoms with Crippen molar-refractivity contribution < 1.29 is 0 Å². The van der Waals surface area contributed by atoms with Crippen molar-refractivity contribution >= 4 is 17.2 Å². The molecule has 2 aromatic carbocycles. The van der Waals surface area contributed by atoms with Crippen LogP contribution in [0.15, 0.2) is 89.3 Å². The molecule has 4 rings (SSSR count). The number of fused-ring (bicyclic) bond motifs is 2. The second-order valence-electron chi connectivity index (χ2n) is 9.22. The molecule has 1 unspecified atom stereocenters. The van der Waals surface area contributed by atoms with Crippen molar-refractivity contribution in [3.8, 4) is 0 Å². The van der Waals surface area contributed by atoms with Gasteiger partial charge in [-0.25, -0.2) is 0 Å². The maximum absolute atomic E-state index is 4.74. The monoisotopic (exact) mass is 413 g/mol. The topological polar surface area (TPSA) is 43.6 Å². The first-order valence-electron chi connectivity index (χ1n) is 10.8. The van der Waals surface area contributed by atoms with Crippen molar-refractivity contribution in [3.05, 3.63) is 85.0 Å². The Morgan fingerprint density at radius 2 is 1.48 bits per heavy atom. The highest BCUT2D eigenvalue weighted by atomic mass is 15.5. The highest BCUT2D eigenvalue weighted by Gasteiger charge is 2.45. The summed E-state index contributed by atoms with van der Waals surface area (Å²) in [6.45, 7) is 18.0. The molecular weight excluding hydrogens is 382 g/mol. The van der Waals surface area contributed by atoms with E-state index in [1.165, 1.54) is 16.8 Å². The first-order valence-corrected chi connectivity index (χ1v) is 10.8. The van der Waals surface area contributed by atoms with E-state index in [4.69, 9.17) is 5.11 Å². The van der Waals surface area contributed by atoms with Crippen LogP contribution in [-0.4, -0.2) is 25.1 Å². The molecule has 0 amide bonds. The Bertz CT molecular complexity index is 1060. The molecule has 2 aliphatic heterocycles. The zero-order valence-electron chi connectivity index (χ0n) is 18.9. The van der Waals surface area contributed by atoms with Gasteiger partial charge in [-0.2, -0.15) is 0 Å². The Morgan fingerprint density at radius 3 is 2.16 bits per heavy atom. The number of nitrogens with zero attached hydrogens (tertiary/aromatic N) is 5. The van der Waals surface area contributed by atoms with Crippen molar-refractivity contribution in [1.82, 2.24) is 0 Å². The van der Waals surface area contributed by atoms with Crippen LogP contribution in [0.25, 0.3) is 0 Å². The first kappa shape index (κ1) is 21.0. The summed E-state index contributed by atoms with van der Waals surface area (Å²) < 4.78 is 0. The molecule has 1 atom stereocenters. The highest BCUT2D eigenvalue weighted by Crippen LogP contribution is 2.46. The number of benzene rings is 2. The van der Waals surface area contributed by atoms with Gasteiger partial charge in [0, 0.05) is 29.9 Å². The lowest BCUT2D eigenvalue weighted by Crippen LogP contribution is -2.40. The summed E-state index contributed by atoms with van der Waals surface area (Å²) in [5.74, 6) is 0.890. The minimum Gasteiger partial charge on any atom is -0.343 e. The molecule has 0 saturated carbocycles. The molecular formula is C26H31N5. The minimum absolute atomic E-state index is 0.146. The van der Waals surface area contributed by atoms with Crippen LogP contribution in [0.4, 0.5) is 11.4 Å². The SMILES string of the molecule is C=CCN1/C(=N/N=NC2N(CC=C)c3ccccc3C2(C)C)C(C)(C)c2ccccc21. The number of anilines is 2. The second-order valence-corrected chi connectivity index (χ2v) is 9.22. The maximum Gasteiger partial charge on any atom is 0.154 e. The lowest BCUT2D eigenvalue weighted by atomic mass is 9.84. The third kappa shape index (κ3) is 3.29. The molecule has 2 aromatic rings. The molecule has 0 aliphatic carbocycles. The lowest BCUT2D eigenvalue weighted by molar-refractivity contribution is 0.418. The summed E-state index contributed by atoms with van der Waals surface area (Å²) in [4.78, 5) is 4.43. The quantitative estimate of drug-likeness (QED) is 0.329. The van der Waals surface area contributed by atoms with E-state index in [2.05, 4.69) is 110 Å². The summed E-state index contributed by atoms with van der Waals surface area (Å²) in [6.07, 6.45) is 3.66. The van der Waals surface area contributed by atoms with E-state index in [9.17, 15) is 0 Å². The van der Waals surface area contributed by atoms with Gasteiger partial charge >= 0.3 is 0 Å². The molecule has 2 aliphatic rings. The molecule has 0 aromatic heterocycles. The van der Waals surface area contributed by atoms with Gasteiger partial charge in [0.15, 0.2) is 6.17 Å². The zero-order chi connectivity index (χ0) is 22.2.